The van der Waals surface area contributed by atoms with E-state index in [1.165, 1.54) is 0 Å². The van der Waals surface area contributed by atoms with E-state index in [9.17, 15) is 9.90 Å². The Hall–Kier alpha value is 0.230. The number of amides is 1. The maximum absolute atomic E-state index is 10.7. The minimum absolute atomic E-state index is 0. The third kappa shape index (κ3) is 10.2. The molecule has 0 rings (SSSR count). The summed E-state index contributed by atoms with van der Waals surface area (Å²) in [6.45, 7) is 5.10. The summed E-state index contributed by atoms with van der Waals surface area (Å²) in [6, 6.07) is 0. The number of ether oxygens (including phenoxy) is 1. The largest absolute Gasteiger partial charge is 1.00 e. The Morgan fingerprint density at radius 2 is 2.00 bits per heavy atom. The number of alkyl carbamates (subject to hydrolysis) is 1. The number of carbonyl (C=O) groups is 1. The standard InChI is InChI=1S/C7H14NO3.Na/c1-7(2,3)11-6(10)8-4-5-9;/h4-5H2,1-3H3,(H,8,10);/q-1;+1. The van der Waals surface area contributed by atoms with Gasteiger partial charge in [-0.25, -0.2) is 4.79 Å². The SMILES string of the molecule is CC(C)(C)OC(=O)NCC[O-].[Na+]. The molecule has 0 aliphatic carbocycles. The third-order valence-electron chi connectivity index (χ3n) is 0.770. The van der Waals surface area contributed by atoms with E-state index in [-0.39, 0.29) is 42.7 Å². The first-order chi connectivity index (χ1) is 4.95. The van der Waals surface area contributed by atoms with Crippen LogP contribution in [-0.2, 0) is 4.74 Å². The molecule has 0 aromatic heterocycles. The average molecular weight is 183 g/mol. The normalized spacial score (nSPS) is 10.0. The Morgan fingerprint density at radius 3 is 2.33 bits per heavy atom. The summed E-state index contributed by atoms with van der Waals surface area (Å²) in [5.74, 6) is 0. The third-order valence-corrected chi connectivity index (χ3v) is 0.770. The zero-order valence-electron chi connectivity index (χ0n) is 8.14. The molecule has 1 N–H and O–H groups in total. The van der Waals surface area contributed by atoms with Gasteiger partial charge < -0.3 is 15.2 Å². The summed E-state index contributed by atoms with van der Waals surface area (Å²) >= 11 is 0. The molecule has 0 aromatic carbocycles. The van der Waals surface area contributed by atoms with Gasteiger partial charge >= 0.3 is 35.7 Å². The molecule has 0 aliphatic rings. The molecule has 0 aliphatic heterocycles. The summed E-state index contributed by atoms with van der Waals surface area (Å²) in [6.07, 6.45) is -0.534. The van der Waals surface area contributed by atoms with Crippen molar-refractivity contribution in [3.05, 3.63) is 0 Å². The number of hydrogen-bond donors (Lipinski definition) is 1. The molecule has 5 heteroatoms. The van der Waals surface area contributed by atoms with Gasteiger partial charge in [0.2, 0.25) is 0 Å². The Bertz CT molecular complexity index is 133. The second-order valence-corrected chi connectivity index (χ2v) is 3.13. The van der Waals surface area contributed by atoms with Crippen molar-refractivity contribution in [2.45, 2.75) is 26.4 Å². The monoisotopic (exact) mass is 183 g/mol. The fraction of sp³-hybridized carbons (Fsp3) is 0.857. The minimum atomic E-state index is -0.534. The molecule has 66 valence electrons. The number of rotatable bonds is 2. The quantitative estimate of drug-likeness (QED) is 0.461. The molecule has 1 amide bonds. The van der Waals surface area contributed by atoms with Gasteiger partial charge in [-0.3, -0.25) is 0 Å². The van der Waals surface area contributed by atoms with Crippen LogP contribution in [0.1, 0.15) is 20.8 Å². The molecule has 0 heterocycles. The molecule has 0 atom stereocenters. The van der Waals surface area contributed by atoms with Crippen LogP contribution in [0.2, 0.25) is 0 Å². The average Bonchev–Trinajstić information content (AvgIpc) is 1.79. The van der Waals surface area contributed by atoms with E-state index in [4.69, 9.17) is 4.74 Å². The maximum atomic E-state index is 10.7. The molecule has 12 heavy (non-hydrogen) atoms. The predicted octanol–water partition coefficient (Wildman–Crippen LogP) is -3.12. The van der Waals surface area contributed by atoms with Crippen molar-refractivity contribution in [2.24, 2.45) is 0 Å². The van der Waals surface area contributed by atoms with Gasteiger partial charge in [0.25, 0.3) is 0 Å². The Balaban J connectivity index is 0. The number of hydrogen-bond acceptors (Lipinski definition) is 3. The molecule has 0 radical (unpaired) electrons. The molecule has 0 bridgehead atoms. The van der Waals surface area contributed by atoms with Crippen LogP contribution < -0.4 is 40.0 Å². The van der Waals surface area contributed by atoms with Crippen molar-refractivity contribution in [2.75, 3.05) is 13.2 Å². The van der Waals surface area contributed by atoms with Crippen molar-refractivity contribution < 1.29 is 44.2 Å². The first-order valence-corrected chi connectivity index (χ1v) is 3.50. The summed E-state index contributed by atoms with van der Waals surface area (Å²) in [5, 5.41) is 12.2. The van der Waals surface area contributed by atoms with Crippen LogP contribution in [-0.4, -0.2) is 24.8 Å². The number of nitrogens with one attached hydrogen (secondary N) is 1. The van der Waals surface area contributed by atoms with E-state index in [1.807, 2.05) is 0 Å². The van der Waals surface area contributed by atoms with Crippen molar-refractivity contribution >= 4 is 6.09 Å². The summed E-state index contributed by atoms with van der Waals surface area (Å²) in [5.41, 5.74) is -0.493. The van der Waals surface area contributed by atoms with Crippen molar-refractivity contribution in [3.63, 3.8) is 0 Å². The zero-order chi connectivity index (χ0) is 8.91. The van der Waals surface area contributed by atoms with Crippen LogP contribution in [0.3, 0.4) is 0 Å². The van der Waals surface area contributed by atoms with Crippen LogP contribution in [0.25, 0.3) is 0 Å². The molecular formula is C7H14NNaO3. The maximum Gasteiger partial charge on any atom is 1.00 e. The van der Waals surface area contributed by atoms with Crippen LogP contribution in [0.5, 0.6) is 0 Å². The minimum Gasteiger partial charge on any atom is -0.853 e. The number of carbonyl (C=O) groups excluding carboxylic acids is 1. The van der Waals surface area contributed by atoms with Crippen LogP contribution >= 0.6 is 0 Å². The van der Waals surface area contributed by atoms with E-state index >= 15 is 0 Å². The predicted molar refractivity (Wildman–Crippen MR) is 39.1 cm³/mol. The van der Waals surface area contributed by atoms with E-state index in [2.05, 4.69) is 5.32 Å². The molecular weight excluding hydrogens is 169 g/mol. The van der Waals surface area contributed by atoms with E-state index < -0.39 is 11.7 Å². The van der Waals surface area contributed by atoms with Gasteiger partial charge in [0, 0.05) is 6.54 Å². The van der Waals surface area contributed by atoms with E-state index in [1.54, 1.807) is 20.8 Å². The summed E-state index contributed by atoms with van der Waals surface area (Å²) < 4.78 is 4.85. The molecule has 0 unspecified atom stereocenters. The first kappa shape index (κ1) is 14.7. The second-order valence-electron chi connectivity index (χ2n) is 3.13. The van der Waals surface area contributed by atoms with Gasteiger partial charge in [-0.2, -0.15) is 0 Å². The summed E-state index contributed by atoms with van der Waals surface area (Å²) in [4.78, 5) is 10.7. The van der Waals surface area contributed by atoms with Gasteiger partial charge in [-0.05, 0) is 20.8 Å². The molecule has 0 saturated heterocycles. The Labute approximate surface area is 95.0 Å². The molecule has 0 fully saturated rings. The van der Waals surface area contributed by atoms with E-state index in [0.717, 1.165) is 0 Å². The van der Waals surface area contributed by atoms with Gasteiger partial charge in [0.05, 0.1) is 0 Å². The van der Waals surface area contributed by atoms with Crippen LogP contribution in [0.15, 0.2) is 0 Å². The van der Waals surface area contributed by atoms with Crippen LogP contribution in [0, 0.1) is 0 Å². The van der Waals surface area contributed by atoms with Gasteiger partial charge in [-0.1, -0.05) is 0 Å². The van der Waals surface area contributed by atoms with Crippen molar-refractivity contribution in [3.8, 4) is 0 Å². The topological polar surface area (TPSA) is 61.4 Å². The molecule has 4 nitrogen and oxygen atoms in total. The van der Waals surface area contributed by atoms with Gasteiger partial charge in [0.15, 0.2) is 0 Å². The smallest absolute Gasteiger partial charge is 0.853 e. The first-order valence-electron chi connectivity index (χ1n) is 3.50. The van der Waals surface area contributed by atoms with Crippen molar-refractivity contribution in [1.82, 2.24) is 5.32 Å². The van der Waals surface area contributed by atoms with Crippen LogP contribution in [0.4, 0.5) is 4.79 Å². The Kier molecular flexibility index (Phi) is 8.25. The second kappa shape index (κ2) is 6.71. The molecule has 0 spiro atoms. The molecule has 0 saturated carbocycles. The van der Waals surface area contributed by atoms with Gasteiger partial charge in [-0.15, -0.1) is 6.61 Å². The van der Waals surface area contributed by atoms with E-state index in [0.29, 0.717) is 0 Å². The fourth-order valence-electron chi connectivity index (χ4n) is 0.467. The zero-order valence-corrected chi connectivity index (χ0v) is 10.1. The molecule has 0 aromatic rings. The fourth-order valence-corrected chi connectivity index (χ4v) is 0.467. The Morgan fingerprint density at radius 1 is 1.50 bits per heavy atom. The van der Waals surface area contributed by atoms with Crippen molar-refractivity contribution in [1.29, 1.82) is 0 Å². The van der Waals surface area contributed by atoms with Gasteiger partial charge in [0.1, 0.15) is 5.60 Å². The summed E-state index contributed by atoms with van der Waals surface area (Å²) in [7, 11) is 0.